The van der Waals surface area contributed by atoms with E-state index in [1.54, 1.807) is 0 Å². The maximum atomic E-state index is 6.25. The Kier molecular flexibility index (Phi) is 5.36. The molecule has 2 aromatic heterocycles. The molecule has 0 amide bonds. The van der Waals surface area contributed by atoms with Crippen LogP contribution in [0.5, 0.6) is 0 Å². The number of aromatic nitrogens is 2. The van der Waals surface area contributed by atoms with E-state index in [-0.39, 0.29) is 0 Å². The predicted molar refractivity (Wildman–Crippen MR) is 158 cm³/mol. The first kappa shape index (κ1) is 22.6. The van der Waals surface area contributed by atoms with E-state index in [1.807, 2.05) is 6.07 Å². The SMILES string of the molecule is CC(C)Cc1cccc2nc(-c3ccc(-c4ccc(-n5c6ccccc6c6ccccc65)cc4)cc3)oc12. The van der Waals surface area contributed by atoms with Crippen LogP contribution in [0.25, 0.3) is 61.2 Å². The highest BCUT2D eigenvalue weighted by molar-refractivity contribution is 6.09. The van der Waals surface area contributed by atoms with Crippen LogP contribution in [0.15, 0.2) is 120 Å². The van der Waals surface area contributed by atoms with Crippen molar-refractivity contribution in [2.24, 2.45) is 5.92 Å². The van der Waals surface area contributed by atoms with Crippen molar-refractivity contribution in [2.75, 3.05) is 0 Å². The van der Waals surface area contributed by atoms with Gasteiger partial charge in [-0.1, -0.05) is 86.6 Å². The molecule has 5 aromatic carbocycles. The van der Waals surface area contributed by atoms with Gasteiger partial charge in [0.2, 0.25) is 5.89 Å². The topological polar surface area (TPSA) is 31.0 Å². The summed E-state index contributed by atoms with van der Waals surface area (Å²) in [6.07, 6.45) is 0.982. The summed E-state index contributed by atoms with van der Waals surface area (Å²) in [6, 6.07) is 40.8. The van der Waals surface area contributed by atoms with Gasteiger partial charge in [-0.05, 0) is 71.5 Å². The van der Waals surface area contributed by atoms with E-state index in [4.69, 9.17) is 9.40 Å². The maximum absolute atomic E-state index is 6.25. The van der Waals surface area contributed by atoms with Crippen molar-refractivity contribution in [1.29, 1.82) is 0 Å². The lowest BCUT2D eigenvalue weighted by molar-refractivity contribution is 0.599. The fourth-order valence-corrected chi connectivity index (χ4v) is 5.54. The van der Waals surface area contributed by atoms with Crippen molar-refractivity contribution < 1.29 is 4.42 Å². The van der Waals surface area contributed by atoms with Crippen molar-refractivity contribution >= 4 is 32.9 Å². The van der Waals surface area contributed by atoms with E-state index in [1.165, 1.54) is 38.5 Å². The van der Waals surface area contributed by atoms with Gasteiger partial charge in [0, 0.05) is 22.0 Å². The Morgan fingerprint density at radius 2 is 1.21 bits per heavy atom. The van der Waals surface area contributed by atoms with Gasteiger partial charge in [0.1, 0.15) is 5.52 Å². The molecule has 0 fully saturated rings. The van der Waals surface area contributed by atoms with E-state index in [9.17, 15) is 0 Å². The van der Waals surface area contributed by atoms with Crippen LogP contribution in [0.1, 0.15) is 19.4 Å². The number of nitrogens with zero attached hydrogens (tertiary/aromatic N) is 2. The third-order valence-electron chi connectivity index (χ3n) is 7.30. The summed E-state index contributed by atoms with van der Waals surface area (Å²) in [5, 5.41) is 2.55. The monoisotopic (exact) mass is 492 g/mol. The molecule has 3 heteroatoms. The molecule has 0 saturated carbocycles. The third-order valence-corrected chi connectivity index (χ3v) is 7.30. The second kappa shape index (κ2) is 9.04. The smallest absolute Gasteiger partial charge is 0.227 e. The molecule has 0 spiro atoms. The molecule has 0 atom stereocenters. The summed E-state index contributed by atoms with van der Waals surface area (Å²) in [6.45, 7) is 4.45. The zero-order valence-corrected chi connectivity index (χ0v) is 21.6. The molecule has 0 bridgehead atoms. The largest absolute Gasteiger partial charge is 0.436 e. The summed E-state index contributed by atoms with van der Waals surface area (Å²) >= 11 is 0. The molecule has 38 heavy (non-hydrogen) atoms. The Morgan fingerprint density at radius 1 is 0.632 bits per heavy atom. The van der Waals surface area contributed by atoms with Gasteiger partial charge >= 0.3 is 0 Å². The third kappa shape index (κ3) is 3.79. The van der Waals surface area contributed by atoms with E-state index < -0.39 is 0 Å². The quantitative estimate of drug-likeness (QED) is 0.240. The number of para-hydroxylation sites is 3. The van der Waals surface area contributed by atoms with Crippen LogP contribution >= 0.6 is 0 Å². The van der Waals surface area contributed by atoms with Crippen LogP contribution in [0.2, 0.25) is 0 Å². The van der Waals surface area contributed by atoms with Gasteiger partial charge < -0.3 is 8.98 Å². The Bertz CT molecular complexity index is 1850. The highest BCUT2D eigenvalue weighted by Gasteiger charge is 2.14. The van der Waals surface area contributed by atoms with Gasteiger partial charge in [0.05, 0.1) is 11.0 Å². The molecule has 0 N–H and O–H groups in total. The van der Waals surface area contributed by atoms with E-state index in [0.717, 1.165) is 28.8 Å². The van der Waals surface area contributed by atoms with Gasteiger partial charge in [0.15, 0.2) is 5.58 Å². The van der Waals surface area contributed by atoms with Crippen LogP contribution in [0.3, 0.4) is 0 Å². The average Bonchev–Trinajstić information content (AvgIpc) is 3.54. The Balaban J connectivity index is 1.21. The molecular weight excluding hydrogens is 464 g/mol. The summed E-state index contributed by atoms with van der Waals surface area (Å²) < 4.78 is 8.59. The first-order valence-electron chi connectivity index (χ1n) is 13.2. The maximum Gasteiger partial charge on any atom is 0.227 e. The second-order valence-electron chi connectivity index (χ2n) is 10.4. The molecule has 0 aliphatic heterocycles. The Morgan fingerprint density at radius 3 is 1.84 bits per heavy atom. The summed E-state index contributed by atoms with van der Waals surface area (Å²) in [4.78, 5) is 4.77. The Hall–Kier alpha value is -4.63. The van der Waals surface area contributed by atoms with Gasteiger partial charge in [0.25, 0.3) is 0 Å². The van der Waals surface area contributed by atoms with Gasteiger partial charge in [-0.3, -0.25) is 0 Å². The molecule has 0 aliphatic carbocycles. The van der Waals surface area contributed by atoms with Crippen LogP contribution in [-0.4, -0.2) is 9.55 Å². The molecular formula is C35H28N2O. The zero-order chi connectivity index (χ0) is 25.6. The zero-order valence-electron chi connectivity index (χ0n) is 21.6. The van der Waals surface area contributed by atoms with Crippen LogP contribution in [0, 0.1) is 5.92 Å². The Labute approximate surface area is 222 Å². The normalized spacial score (nSPS) is 11.8. The lowest BCUT2D eigenvalue weighted by Crippen LogP contribution is -1.93. The van der Waals surface area contributed by atoms with Crippen molar-refractivity contribution in [2.45, 2.75) is 20.3 Å². The molecule has 2 heterocycles. The lowest BCUT2D eigenvalue weighted by Gasteiger charge is -2.09. The fraction of sp³-hybridized carbons (Fsp3) is 0.114. The van der Waals surface area contributed by atoms with E-state index in [2.05, 4.69) is 128 Å². The summed E-state index contributed by atoms with van der Waals surface area (Å²) in [5.41, 5.74) is 9.98. The van der Waals surface area contributed by atoms with Crippen LogP contribution < -0.4 is 0 Å². The van der Waals surface area contributed by atoms with Crippen molar-refractivity contribution in [3.05, 3.63) is 121 Å². The highest BCUT2D eigenvalue weighted by atomic mass is 16.3. The molecule has 0 saturated heterocycles. The molecule has 7 rings (SSSR count). The van der Waals surface area contributed by atoms with E-state index in [0.29, 0.717) is 11.8 Å². The number of hydrogen-bond acceptors (Lipinski definition) is 2. The molecule has 0 unspecified atom stereocenters. The van der Waals surface area contributed by atoms with Crippen molar-refractivity contribution in [3.63, 3.8) is 0 Å². The summed E-state index contributed by atoms with van der Waals surface area (Å²) in [5.74, 6) is 1.24. The van der Waals surface area contributed by atoms with Crippen molar-refractivity contribution in [1.82, 2.24) is 9.55 Å². The minimum atomic E-state index is 0.565. The predicted octanol–water partition coefficient (Wildman–Crippen LogP) is 9.46. The second-order valence-corrected chi connectivity index (χ2v) is 10.4. The van der Waals surface area contributed by atoms with Crippen LogP contribution in [0.4, 0.5) is 0 Å². The minimum absolute atomic E-state index is 0.565. The van der Waals surface area contributed by atoms with E-state index >= 15 is 0 Å². The van der Waals surface area contributed by atoms with Crippen LogP contribution in [-0.2, 0) is 6.42 Å². The molecule has 0 aliphatic rings. The molecule has 3 nitrogen and oxygen atoms in total. The molecule has 7 aromatic rings. The number of fused-ring (bicyclic) bond motifs is 4. The van der Waals surface area contributed by atoms with Gasteiger partial charge in [-0.2, -0.15) is 0 Å². The number of rotatable bonds is 5. The lowest BCUT2D eigenvalue weighted by atomic mass is 10.0. The first-order valence-corrected chi connectivity index (χ1v) is 13.2. The van der Waals surface area contributed by atoms with Crippen molar-refractivity contribution in [3.8, 4) is 28.3 Å². The minimum Gasteiger partial charge on any atom is -0.436 e. The first-order chi connectivity index (χ1) is 18.7. The number of benzene rings is 5. The average molecular weight is 493 g/mol. The molecule has 0 radical (unpaired) electrons. The number of hydrogen-bond donors (Lipinski definition) is 0. The fourth-order valence-electron chi connectivity index (χ4n) is 5.54. The standard InChI is InChI=1S/C35H28N2O/c1-23(2)22-27-8-7-11-31-34(27)38-35(36-31)26-16-14-24(15-17-26)25-18-20-28(21-19-25)37-32-12-5-3-9-29(32)30-10-4-6-13-33(30)37/h3-21,23H,22H2,1-2H3. The van der Waals surface area contributed by atoms with Gasteiger partial charge in [-0.15, -0.1) is 0 Å². The number of oxazole rings is 1. The summed E-state index contributed by atoms with van der Waals surface area (Å²) in [7, 11) is 0. The molecule has 184 valence electrons. The highest BCUT2D eigenvalue weighted by Crippen LogP contribution is 2.33. The van der Waals surface area contributed by atoms with Gasteiger partial charge in [-0.25, -0.2) is 4.98 Å².